The Morgan fingerprint density at radius 3 is 1.20 bits per heavy atom. The van der Waals surface area contributed by atoms with Crippen LogP contribution in [0.1, 0.15) is 214 Å². The second kappa shape index (κ2) is 50.9. The Morgan fingerprint density at radius 1 is 0.409 bits per heavy atom. The summed E-state index contributed by atoms with van der Waals surface area (Å²) < 4.78 is 0. The van der Waals surface area contributed by atoms with Gasteiger partial charge >= 0.3 is 5.97 Å². The van der Waals surface area contributed by atoms with Gasteiger partial charge in [-0.3, -0.25) is 71.9 Å². The number of carbonyl (C=O) groups excluding carboxylic acids is 15. The first-order valence-corrected chi connectivity index (χ1v) is 40.6. The molecule has 15 atom stereocenters. The SMILES string of the molecule is CC(C)C[C@H](NC(=O)[C@H](C)NC(=O)[C@H](CC(C)C)NC(=O)[C@H](Cc1ccccc1)NC(=O)[C@H](CO)NC(=O)[C@H](CCCCN)NC(=O)[C@H](CC(C)C)NC(=O)[C@H](CC(C)C)NC(=O)[C@H](CC(N)=O)NC(=O)[C@@H](NC(=O)[C@@H]1CCCN1C(=O)[C@H](CC(C)C)NC(=O)[C@H](C)NC(=O)[C@@H](N)CC(C)C)C(C)C)C(=O)N[C@H](CC(C)C)C(=O)O. The molecule has 21 N–H and O–H groups in total. The Bertz CT molecular complexity index is 3390. The van der Waals surface area contributed by atoms with E-state index in [9.17, 15) is 86.9 Å². The van der Waals surface area contributed by atoms with E-state index in [1.807, 2.05) is 41.5 Å². The van der Waals surface area contributed by atoms with E-state index in [0.717, 1.165) is 0 Å². The first kappa shape index (κ1) is 102. The van der Waals surface area contributed by atoms with Crippen LogP contribution in [-0.2, 0) is 83.1 Å². The fourth-order valence-corrected chi connectivity index (χ4v) is 13.1. The number of hydrogen-bond acceptors (Lipinski definition) is 19. The van der Waals surface area contributed by atoms with Crippen LogP contribution in [0.4, 0.5) is 0 Å². The van der Waals surface area contributed by atoms with Crippen LogP contribution in [0.2, 0.25) is 0 Å². The van der Waals surface area contributed by atoms with Crippen LogP contribution in [0.5, 0.6) is 0 Å². The van der Waals surface area contributed by atoms with Gasteiger partial charge in [-0.15, -0.1) is 0 Å². The van der Waals surface area contributed by atoms with E-state index in [4.69, 9.17) is 17.2 Å². The van der Waals surface area contributed by atoms with Crippen LogP contribution in [-0.4, -0.2) is 220 Å². The monoisotopic (exact) mass is 1620 g/mol. The molecule has 35 heteroatoms. The quantitative estimate of drug-likeness (QED) is 0.0380. The van der Waals surface area contributed by atoms with Gasteiger partial charge < -0.3 is 101 Å². The summed E-state index contributed by atoms with van der Waals surface area (Å²) in [7, 11) is 0. The molecule has 35 nitrogen and oxygen atoms in total. The second-order valence-electron chi connectivity index (χ2n) is 33.7. The first-order valence-electron chi connectivity index (χ1n) is 40.6. The summed E-state index contributed by atoms with van der Waals surface area (Å²) in [6, 6.07) is -11.4. The van der Waals surface area contributed by atoms with Gasteiger partial charge in [0, 0.05) is 13.0 Å². The van der Waals surface area contributed by atoms with Crippen molar-refractivity contribution in [1.29, 1.82) is 0 Å². The van der Waals surface area contributed by atoms with Crippen molar-refractivity contribution in [2.24, 2.45) is 64.5 Å². The minimum absolute atomic E-state index is 0.0275. The number of primary amides is 1. The molecule has 1 aliphatic rings. The van der Waals surface area contributed by atoms with E-state index >= 15 is 0 Å². The van der Waals surface area contributed by atoms with E-state index in [-0.39, 0.29) is 119 Å². The number of amides is 15. The Morgan fingerprint density at radius 2 is 0.765 bits per heavy atom. The van der Waals surface area contributed by atoms with Gasteiger partial charge in [0.15, 0.2) is 0 Å². The van der Waals surface area contributed by atoms with E-state index in [1.165, 1.54) is 18.7 Å². The maximum absolute atomic E-state index is 14.6. The topological polar surface area (TPSA) is 551 Å². The zero-order chi connectivity index (χ0) is 87.4. The number of nitrogens with one attached hydrogen (secondary N) is 13. The van der Waals surface area contributed by atoms with Crippen molar-refractivity contribution in [3.05, 3.63) is 35.9 Å². The van der Waals surface area contributed by atoms with Crippen molar-refractivity contribution in [1.82, 2.24) is 74.0 Å². The summed E-state index contributed by atoms with van der Waals surface area (Å²) in [6.07, 6.45) is 0.902. The number of rotatable bonds is 52. The molecular formula is C80H137N17O18. The number of carboxylic acids is 1. The van der Waals surface area contributed by atoms with Crippen LogP contribution in [0.3, 0.4) is 0 Å². The first-order chi connectivity index (χ1) is 53.7. The molecule has 1 heterocycles. The number of aliphatic carboxylic acids is 1. The van der Waals surface area contributed by atoms with Crippen molar-refractivity contribution >= 4 is 94.6 Å². The van der Waals surface area contributed by atoms with Crippen molar-refractivity contribution in [2.75, 3.05) is 19.7 Å². The van der Waals surface area contributed by atoms with Gasteiger partial charge in [-0.2, -0.15) is 0 Å². The standard InChI is InChI=1S/C80H137N17O18/c1-41(2)31-52(82)68(102)84-49(17)67(101)93-60(36-46(11)12)79(113)97-30-24-28-63(97)77(111)96-65(48(15)16)78(112)92-59(39-64(83)99)75(109)90-57(35-45(9)10)72(106)89-56(34-44(7)8)71(105)86-53(27-22-23-29-81)69(103)95-62(40-98)76(110)91-58(38-51-25-20-19-21-26-51)74(108)88-54(32-42(3)4)70(104)85-50(18)66(100)87-55(33-43(5)6)73(107)94-61(80(114)115)37-47(13)14/h19-21,25-26,41-50,52-63,65,98H,22-24,27-40,81-82H2,1-18H3,(H2,83,99)(H,84,102)(H,85,104)(H,86,105)(H,87,100)(H,88,108)(H,89,106)(H,90,109)(H,91,110)(H,92,112)(H,93,101)(H,94,107)(H,95,103)(H,96,111)(H,114,115)/t49-,50-,52-,53-,54-,55-,56-,57-,58-,59-,60-,61+,62-,63-,65-/m0/s1. The summed E-state index contributed by atoms with van der Waals surface area (Å²) >= 11 is 0. The Kier molecular flexibility index (Phi) is 45.0. The fourth-order valence-electron chi connectivity index (χ4n) is 13.1. The van der Waals surface area contributed by atoms with Crippen molar-refractivity contribution in [3.8, 4) is 0 Å². The molecule has 0 aliphatic carbocycles. The molecule has 0 saturated carbocycles. The summed E-state index contributed by atoms with van der Waals surface area (Å²) in [5.41, 5.74) is 18.1. The third-order valence-electron chi connectivity index (χ3n) is 19.0. The molecule has 1 saturated heterocycles. The molecule has 115 heavy (non-hydrogen) atoms. The minimum atomic E-state index is -1.77. The van der Waals surface area contributed by atoms with Gasteiger partial charge in [0.2, 0.25) is 88.6 Å². The van der Waals surface area contributed by atoms with Crippen molar-refractivity contribution < 1.29 is 86.9 Å². The smallest absolute Gasteiger partial charge is 0.326 e. The molecule has 2 rings (SSSR count). The number of nitrogens with zero attached hydrogens (tertiary/aromatic N) is 1. The third-order valence-corrected chi connectivity index (χ3v) is 19.0. The van der Waals surface area contributed by atoms with Gasteiger partial charge in [0.05, 0.1) is 19.1 Å². The lowest BCUT2D eigenvalue weighted by Crippen LogP contribution is -2.62. The predicted molar refractivity (Wildman–Crippen MR) is 432 cm³/mol. The lowest BCUT2D eigenvalue weighted by molar-refractivity contribution is -0.143. The van der Waals surface area contributed by atoms with Crippen molar-refractivity contribution in [3.63, 3.8) is 0 Å². The molecule has 0 aromatic heterocycles. The molecule has 1 aromatic rings. The normalized spacial score (nSPS) is 16.6. The van der Waals surface area contributed by atoms with E-state index in [0.29, 0.717) is 24.8 Å². The predicted octanol–water partition coefficient (Wildman–Crippen LogP) is -0.0504. The largest absolute Gasteiger partial charge is 0.480 e. The summed E-state index contributed by atoms with van der Waals surface area (Å²) in [4.78, 5) is 224. The lowest BCUT2D eigenvalue weighted by atomic mass is 9.98. The number of unbranched alkanes of at least 4 members (excludes halogenated alkanes) is 1. The van der Waals surface area contributed by atoms with Crippen LogP contribution >= 0.6 is 0 Å². The zero-order valence-electron chi connectivity index (χ0n) is 70.8. The van der Waals surface area contributed by atoms with Gasteiger partial charge in [-0.05, 0) is 150 Å². The Labute approximate surface area is 678 Å². The second-order valence-corrected chi connectivity index (χ2v) is 33.7. The molecule has 0 unspecified atom stereocenters. The molecule has 0 bridgehead atoms. The van der Waals surface area contributed by atoms with Gasteiger partial charge in [-0.25, -0.2) is 4.79 Å². The van der Waals surface area contributed by atoms with E-state index in [2.05, 4.69) is 69.1 Å². The molecule has 0 radical (unpaired) electrons. The molecule has 1 aliphatic heterocycles. The van der Waals surface area contributed by atoms with Crippen LogP contribution in [0, 0.1) is 47.3 Å². The number of nitrogens with two attached hydrogens (primary N) is 3. The number of carbonyl (C=O) groups is 16. The van der Waals surface area contributed by atoms with E-state index < -0.39 is 204 Å². The Balaban J connectivity index is 2.44. The van der Waals surface area contributed by atoms with E-state index in [1.54, 1.807) is 99.6 Å². The number of hydrogen-bond donors (Lipinski definition) is 18. The molecule has 1 fully saturated rings. The molecule has 15 amide bonds. The highest BCUT2D eigenvalue weighted by atomic mass is 16.4. The number of likely N-dealkylation sites (tertiary alicyclic amines) is 1. The van der Waals surface area contributed by atoms with Gasteiger partial charge in [-0.1, -0.05) is 141 Å². The molecule has 0 spiro atoms. The Hall–Kier alpha value is -9.38. The summed E-state index contributed by atoms with van der Waals surface area (Å²) in [5.74, 6) is -15.4. The maximum atomic E-state index is 14.6. The molecular weight excluding hydrogens is 1490 g/mol. The maximum Gasteiger partial charge on any atom is 0.326 e. The minimum Gasteiger partial charge on any atom is -0.480 e. The zero-order valence-corrected chi connectivity index (χ0v) is 70.8. The highest BCUT2D eigenvalue weighted by molar-refractivity contribution is 6.01. The highest BCUT2D eigenvalue weighted by Crippen LogP contribution is 2.23. The highest BCUT2D eigenvalue weighted by Gasteiger charge is 2.42. The molecule has 650 valence electrons. The van der Waals surface area contributed by atoms with Crippen LogP contribution in [0.25, 0.3) is 0 Å². The fraction of sp³-hybridized carbons (Fsp3) is 0.725. The number of aliphatic hydroxyl groups is 1. The third kappa shape index (κ3) is 37.4. The lowest BCUT2D eigenvalue weighted by Gasteiger charge is -2.32. The summed E-state index contributed by atoms with van der Waals surface area (Å²) in [6.45, 7) is 30.6. The number of carboxylic acid groups (broad SMARTS) is 1. The number of benzene rings is 1. The van der Waals surface area contributed by atoms with Crippen LogP contribution in [0.15, 0.2) is 30.3 Å². The molecule has 1 aromatic carbocycles. The average Bonchev–Trinajstić information content (AvgIpc) is 1.73. The van der Waals surface area contributed by atoms with Gasteiger partial charge in [0.25, 0.3) is 0 Å². The number of aliphatic hydroxyl groups excluding tert-OH is 1. The summed E-state index contributed by atoms with van der Waals surface area (Å²) in [5, 5.41) is 54.6. The van der Waals surface area contributed by atoms with Crippen LogP contribution < -0.4 is 86.3 Å². The van der Waals surface area contributed by atoms with Crippen molar-refractivity contribution in [2.45, 2.75) is 305 Å². The van der Waals surface area contributed by atoms with Gasteiger partial charge in [0.1, 0.15) is 84.6 Å². The average molecular weight is 1630 g/mol.